The highest BCUT2D eigenvalue weighted by molar-refractivity contribution is 6.01. The summed E-state index contributed by atoms with van der Waals surface area (Å²) >= 11 is 0. The number of ether oxygens (including phenoxy) is 1. The number of nitrogens with one attached hydrogen (secondary N) is 1. The fourth-order valence-corrected chi connectivity index (χ4v) is 1.72. The smallest absolute Gasteiger partial charge is 0.318 e. The van der Waals surface area contributed by atoms with Gasteiger partial charge in [-0.1, -0.05) is 18.2 Å². The van der Waals surface area contributed by atoms with Crippen molar-refractivity contribution in [3.63, 3.8) is 0 Å². The number of carboxylic acid groups (broad SMARTS) is 1. The molecular formula is C13H15NO4. The molecule has 1 aliphatic rings. The Morgan fingerprint density at radius 3 is 2.72 bits per heavy atom. The van der Waals surface area contributed by atoms with Crippen molar-refractivity contribution >= 4 is 11.9 Å². The zero-order chi connectivity index (χ0) is 13.3. The lowest BCUT2D eigenvalue weighted by Gasteiger charge is -2.21. The van der Waals surface area contributed by atoms with Crippen LogP contribution >= 0.6 is 0 Å². The van der Waals surface area contributed by atoms with Crippen LogP contribution < -0.4 is 10.1 Å². The maximum Gasteiger partial charge on any atom is 0.318 e. The molecule has 1 aromatic rings. The molecule has 1 unspecified atom stereocenters. The Bertz CT molecular complexity index is 496. The van der Waals surface area contributed by atoms with E-state index in [-0.39, 0.29) is 6.04 Å². The number of carboxylic acids is 1. The molecule has 0 aromatic heterocycles. The summed E-state index contributed by atoms with van der Waals surface area (Å²) in [5.41, 5.74) is -0.565. The molecule has 2 rings (SSSR count). The second-order valence-corrected chi connectivity index (χ2v) is 4.81. The van der Waals surface area contributed by atoms with Gasteiger partial charge in [-0.15, -0.1) is 0 Å². The van der Waals surface area contributed by atoms with Gasteiger partial charge in [-0.3, -0.25) is 9.59 Å². The average Bonchev–Trinajstić information content (AvgIpc) is 2.72. The highest BCUT2D eigenvalue weighted by Crippen LogP contribution is 2.32. The van der Waals surface area contributed by atoms with Crippen molar-refractivity contribution in [3.05, 3.63) is 29.8 Å². The Hall–Kier alpha value is -2.04. The van der Waals surface area contributed by atoms with E-state index in [0.29, 0.717) is 6.61 Å². The molecule has 1 atom stereocenters. The Morgan fingerprint density at radius 2 is 2.06 bits per heavy atom. The predicted octanol–water partition coefficient (Wildman–Crippen LogP) is 1.35. The number of rotatable bonds is 3. The normalized spacial score (nSPS) is 17.8. The number of hydrogen-bond donors (Lipinski definition) is 2. The molecule has 5 heteroatoms. The van der Waals surface area contributed by atoms with E-state index >= 15 is 0 Å². The molecule has 5 nitrogen and oxygen atoms in total. The van der Waals surface area contributed by atoms with Gasteiger partial charge in [-0.05, 0) is 19.9 Å². The third kappa shape index (κ3) is 2.03. The minimum Gasteiger partial charge on any atom is -0.491 e. The molecule has 0 fully saturated rings. The van der Waals surface area contributed by atoms with E-state index in [4.69, 9.17) is 9.84 Å². The van der Waals surface area contributed by atoms with E-state index in [2.05, 4.69) is 5.32 Å². The molecule has 0 saturated heterocycles. The Morgan fingerprint density at radius 1 is 1.39 bits per heavy atom. The molecule has 2 N–H and O–H groups in total. The van der Waals surface area contributed by atoms with Gasteiger partial charge >= 0.3 is 5.97 Å². The van der Waals surface area contributed by atoms with E-state index in [0.717, 1.165) is 11.3 Å². The van der Waals surface area contributed by atoms with Crippen LogP contribution in [0.3, 0.4) is 0 Å². The van der Waals surface area contributed by atoms with E-state index < -0.39 is 17.3 Å². The maximum absolute atomic E-state index is 11.9. The van der Waals surface area contributed by atoms with E-state index in [9.17, 15) is 9.59 Å². The number of fused-ring (bicyclic) bond motifs is 1. The Balaban J connectivity index is 2.13. The van der Waals surface area contributed by atoms with Crippen molar-refractivity contribution in [1.82, 2.24) is 5.32 Å². The monoisotopic (exact) mass is 249 g/mol. The van der Waals surface area contributed by atoms with Gasteiger partial charge in [0.05, 0.1) is 6.04 Å². The number of carbonyl (C=O) groups is 2. The number of carbonyl (C=O) groups excluding carboxylic acids is 1. The van der Waals surface area contributed by atoms with Crippen LogP contribution in [0, 0.1) is 5.41 Å². The van der Waals surface area contributed by atoms with Crippen LogP contribution in [0.2, 0.25) is 0 Å². The number of benzene rings is 1. The summed E-state index contributed by atoms with van der Waals surface area (Å²) in [6.45, 7) is 3.10. The van der Waals surface area contributed by atoms with Crippen LogP contribution in [-0.2, 0) is 9.59 Å². The Kier molecular flexibility index (Phi) is 2.98. The van der Waals surface area contributed by atoms with Crippen molar-refractivity contribution in [3.8, 4) is 5.75 Å². The zero-order valence-corrected chi connectivity index (χ0v) is 10.3. The molecule has 1 amide bonds. The summed E-state index contributed by atoms with van der Waals surface area (Å²) in [6, 6.07) is 7.11. The lowest BCUT2D eigenvalue weighted by molar-refractivity contribution is -0.153. The second-order valence-electron chi connectivity index (χ2n) is 4.81. The van der Waals surface area contributed by atoms with Gasteiger partial charge in [-0.25, -0.2) is 0 Å². The van der Waals surface area contributed by atoms with Crippen LogP contribution in [-0.4, -0.2) is 23.6 Å². The maximum atomic E-state index is 11.9. The van der Waals surface area contributed by atoms with Gasteiger partial charge in [0.2, 0.25) is 5.91 Å². The third-order valence-corrected chi connectivity index (χ3v) is 3.11. The van der Waals surface area contributed by atoms with Gasteiger partial charge in [0.1, 0.15) is 17.8 Å². The lowest BCUT2D eigenvalue weighted by Crippen LogP contribution is -2.44. The predicted molar refractivity (Wildman–Crippen MR) is 64.2 cm³/mol. The van der Waals surface area contributed by atoms with Gasteiger partial charge in [0.25, 0.3) is 0 Å². The largest absolute Gasteiger partial charge is 0.491 e. The first-order valence-electron chi connectivity index (χ1n) is 5.69. The van der Waals surface area contributed by atoms with E-state index in [1.54, 1.807) is 0 Å². The molecule has 18 heavy (non-hydrogen) atoms. The van der Waals surface area contributed by atoms with Crippen molar-refractivity contribution in [2.75, 3.05) is 6.61 Å². The molecule has 1 aromatic carbocycles. The third-order valence-electron chi connectivity index (χ3n) is 3.11. The van der Waals surface area contributed by atoms with E-state index in [1.807, 2.05) is 24.3 Å². The summed E-state index contributed by atoms with van der Waals surface area (Å²) in [7, 11) is 0. The van der Waals surface area contributed by atoms with Gasteiger partial charge in [0, 0.05) is 5.56 Å². The second kappa shape index (κ2) is 4.33. The summed E-state index contributed by atoms with van der Waals surface area (Å²) < 4.78 is 5.42. The van der Waals surface area contributed by atoms with Crippen molar-refractivity contribution in [1.29, 1.82) is 0 Å². The van der Waals surface area contributed by atoms with Crippen molar-refractivity contribution in [2.24, 2.45) is 5.41 Å². The first-order valence-corrected chi connectivity index (χ1v) is 5.69. The fourth-order valence-electron chi connectivity index (χ4n) is 1.72. The van der Waals surface area contributed by atoms with Gasteiger partial charge in [0.15, 0.2) is 0 Å². The number of aliphatic carboxylic acids is 1. The zero-order valence-electron chi connectivity index (χ0n) is 10.3. The highest BCUT2D eigenvalue weighted by Gasteiger charge is 2.38. The van der Waals surface area contributed by atoms with Crippen molar-refractivity contribution in [2.45, 2.75) is 19.9 Å². The van der Waals surface area contributed by atoms with Gasteiger partial charge < -0.3 is 15.2 Å². The molecule has 96 valence electrons. The summed E-state index contributed by atoms with van der Waals surface area (Å²) in [4.78, 5) is 22.9. The van der Waals surface area contributed by atoms with Crippen LogP contribution in [0.15, 0.2) is 24.3 Å². The highest BCUT2D eigenvalue weighted by atomic mass is 16.5. The summed E-state index contributed by atoms with van der Waals surface area (Å²) in [6.07, 6.45) is 0. The fraction of sp³-hybridized carbons (Fsp3) is 0.385. The minimum absolute atomic E-state index is 0.285. The SMILES string of the molecule is CC(C)(C(=O)O)C(=O)NC1COc2ccccc21. The van der Waals surface area contributed by atoms with Crippen LogP contribution in [0.5, 0.6) is 5.75 Å². The topological polar surface area (TPSA) is 75.6 Å². The van der Waals surface area contributed by atoms with E-state index in [1.165, 1.54) is 13.8 Å². The molecule has 0 saturated carbocycles. The first-order chi connectivity index (χ1) is 8.43. The molecule has 0 bridgehead atoms. The molecule has 0 aliphatic carbocycles. The van der Waals surface area contributed by atoms with Crippen LogP contribution in [0.1, 0.15) is 25.5 Å². The van der Waals surface area contributed by atoms with Crippen LogP contribution in [0.4, 0.5) is 0 Å². The number of para-hydroxylation sites is 1. The molecule has 1 heterocycles. The lowest BCUT2D eigenvalue weighted by atomic mass is 9.92. The average molecular weight is 249 g/mol. The molecule has 0 radical (unpaired) electrons. The first kappa shape index (κ1) is 12.4. The number of amides is 1. The summed E-state index contributed by atoms with van der Waals surface area (Å²) in [5, 5.41) is 11.7. The standard InChI is InChI=1S/C13H15NO4/c1-13(2,12(16)17)11(15)14-9-7-18-10-6-4-3-5-8(9)10/h3-6,9H,7H2,1-2H3,(H,14,15)(H,16,17). The summed E-state index contributed by atoms with van der Waals surface area (Å²) in [5.74, 6) is -0.927. The quantitative estimate of drug-likeness (QED) is 0.793. The minimum atomic E-state index is -1.45. The molecular weight excluding hydrogens is 234 g/mol. The van der Waals surface area contributed by atoms with Gasteiger partial charge in [-0.2, -0.15) is 0 Å². The van der Waals surface area contributed by atoms with Crippen LogP contribution in [0.25, 0.3) is 0 Å². The molecule has 0 spiro atoms. The number of hydrogen-bond acceptors (Lipinski definition) is 3. The molecule has 1 aliphatic heterocycles. The van der Waals surface area contributed by atoms with Crippen molar-refractivity contribution < 1.29 is 19.4 Å². The Labute approximate surface area is 105 Å².